The Bertz CT molecular complexity index is 797. The summed E-state index contributed by atoms with van der Waals surface area (Å²) in [5.74, 6) is 1.26. The number of piperidine rings is 1. The number of hydrogen-bond acceptors (Lipinski definition) is 4. The third-order valence-electron chi connectivity index (χ3n) is 5.12. The lowest BCUT2D eigenvalue weighted by Crippen LogP contribution is -2.38. The Morgan fingerprint density at radius 3 is 2.71 bits per heavy atom. The third kappa shape index (κ3) is 3.00. The number of nitrogens with one attached hydrogen (secondary N) is 1. The largest absolute Gasteiger partial charge is 0.497 e. The maximum absolute atomic E-state index is 13.1. The normalized spacial score (nSPS) is 18.8. The minimum Gasteiger partial charge on any atom is -0.497 e. The lowest BCUT2D eigenvalue weighted by molar-refractivity contribution is 0.152. The first-order valence-electron chi connectivity index (χ1n) is 8.56. The van der Waals surface area contributed by atoms with Crippen molar-refractivity contribution in [3.05, 3.63) is 33.6 Å². The number of fused-ring (bicyclic) bond motifs is 1. The molecule has 1 aromatic heterocycles. The summed E-state index contributed by atoms with van der Waals surface area (Å²) in [6, 6.07) is 4.11. The Kier molecular flexibility index (Phi) is 4.81. The van der Waals surface area contributed by atoms with E-state index in [2.05, 4.69) is 16.8 Å². The van der Waals surface area contributed by atoms with Crippen molar-refractivity contribution in [3.8, 4) is 11.5 Å². The van der Waals surface area contributed by atoms with Gasteiger partial charge in [-0.25, -0.2) is 0 Å². The average Bonchev–Trinajstić information content (AvgIpc) is 2.59. The van der Waals surface area contributed by atoms with Crippen LogP contribution in [0.1, 0.15) is 37.4 Å². The van der Waals surface area contributed by atoms with Crippen molar-refractivity contribution in [3.63, 3.8) is 0 Å². The molecule has 24 heavy (non-hydrogen) atoms. The fourth-order valence-electron chi connectivity index (χ4n) is 3.56. The van der Waals surface area contributed by atoms with Crippen LogP contribution in [0, 0.1) is 6.92 Å². The maximum atomic E-state index is 13.1. The zero-order chi connectivity index (χ0) is 17.3. The standard InChI is InChI=1S/C19H26N2O3/c1-12-7-5-6-8-21(12)11-16-13(2)20-18-15(19(16)22)9-14(23-3)10-17(18)24-4/h9-10,12H,5-8,11H2,1-4H3,(H,20,22)/t12-/m0/s1. The van der Waals surface area contributed by atoms with E-state index in [9.17, 15) is 4.79 Å². The number of pyridine rings is 1. The smallest absolute Gasteiger partial charge is 0.194 e. The monoisotopic (exact) mass is 330 g/mol. The number of H-pyrrole nitrogens is 1. The Labute approximate surface area is 142 Å². The average molecular weight is 330 g/mol. The van der Waals surface area contributed by atoms with Crippen molar-refractivity contribution < 1.29 is 9.47 Å². The van der Waals surface area contributed by atoms with Gasteiger partial charge in [0.25, 0.3) is 0 Å². The fourth-order valence-corrected chi connectivity index (χ4v) is 3.56. The van der Waals surface area contributed by atoms with Gasteiger partial charge >= 0.3 is 0 Å². The quantitative estimate of drug-likeness (QED) is 0.935. The lowest BCUT2D eigenvalue weighted by atomic mass is 10.0. The van der Waals surface area contributed by atoms with Gasteiger partial charge in [-0.05, 0) is 39.3 Å². The second kappa shape index (κ2) is 6.85. The Morgan fingerprint density at radius 2 is 2.04 bits per heavy atom. The second-order valence-electron chi connectivity index (χ2n) is 6.63. The lowest BCUT2D eigenvalue weighted by Gasteiger charge is -2.33. The molecule has 0 spiro atoms. The number of hydrogen-bond donors (Lipinski definition) is 1. The number of aromatic nitrogens is 1. The van der Waals surface area contributed by atoms with Crippen LogP contribution in [0.4, 0.5) is 0 Å². The fraction of sp³-hybridized carbons (Fsp3) is 0.526. The number of aromatic amines is 1. The molecule has 1 fully saturated rings. The van der Waals surface area contributed by atoms with E-state index in [-0.39, 0.29) is 5.43 Å². The number of aryl methyl sites for hydroxylation is 1. The molecule has 1 aliphatic heterocycles. The van der Waals surface area contributed by atoms with Crippen LogP contribution in [0.2, 0.25) is 0 Å². The molecule has 1 atom stereocenters. The summed E-state index contributed by atoms with van der Waals surface area (Å²) in [5.41, 5.74) is 2.55. The summed E-state index contributed by atoms with van der Waals surface area (Å²) in [6.07, 6.45) is 3.68. The predicted molar refractivity (Wildman–Crippen MR) is 96.1 cm³/mol. The Hall–Kier alpha value is -2.01. The van der Waals surface area contributed by atoms with E-state index < -0.39 is 0 Å². The van der Waals surface area contributed by atoms with Crippen molar-refractivity contribution in [2.24, 2.45) is 0 Å². The molecule has 5 nitrogen and oxygen atoms in total. The summed E-state index contributed by atoms with van der Waals surface area (Å²) in [6.45, 7) is 5.96. The summed E-state index contributed by atoms with van der Waals surface area (Å²) in [7, 11) is 3.20. The molecule has 1 aromatic carbocycles. The van der Waals surface area contributed by atoms with E-state index in [1.54, 1.807) is 26.4 Å². The molecule has 0 unspecified atom stereocenters. The number of benzene rings is 1. The van der Waals surface area contributed by atoms with Crippen LogP contribution in [0.5, 0.6) is 11.5 Å². The van der Waals surface area contributed by atoms with Crippen LogP contribution >= 0.6 is 0 Å². The molecule has 5 heteroatoms. The molecule has 2 aromatic rings. The van der Waals surface area contributed by atoms with E-state index in [0.717, 1.165) is 23.3 Å². The molecule has 0 saturated carbocycles. The highest BCUT2D eigenvalue weighted by molar-refractivity contribution is 5.86. The zero-order valence-electron chi connectivity index (χ0n) is 14.9. The van der Waals surface area contributed by atoms with Crippen LogP contribution in [-0.2, 0) is 6.54 Å². The number of likely N-dealkylation sites (tertiary alicyclic amines) is 1. The number of ether oxygens (including phenoxy) is 2. The van der Waals surface area contributed by atoms with Crippen LogP contribution in [0.25, 0.3) is 10.9 Å². The van der Waals surface area contributed by atoms with Gasteiger partial charge in [0.2, 0.25) is 0 Å². The van der Waals surface area contributed by atoms with Crippen molar-refractivity contribution in [2.45, 2.75) is 45.7 Å². The molecule has 0 bridgehead atoms. The van der Waals surface area contributed by atoms with Gasteiger partial charge in [0.1, 0.15) is 11.5 Å². The number of methoxy groups -OCH3 is 2. The third-order valence-corrected chi connectivity index (χ3v) is 5.12. The maximum Gasteiger partial charge on any atom is 0.194 e. The first-order valence-corrected chi connectivity index (χ1v) is 8.56. The van der Waals surface area contributed by atoms with Crippen LogP contribution < -0.4 is 14.9 Å². The van der Waals surface area contributed by atoms with E-state index in [1.165, 1.54) is 19.3 Å². The van der Waals surface area contributed by atoms with Gasteiger partial charge < -0.3 is 14.5 Å². The molecule has 3 rings (SSSR count). The molecule has 1 saturated heterocycles. The molecular weight excluding hydrogens is 304 g/mol. The summed E-state index contributed by atoms with van der Waals surface area (Å²) in [5, 5.41) is 0.622. The van der Waals surface area contributed by atoms with Gasteiger partial charge in [-0.1, -0.05) is 6.42 Å². The molecule has 2 heterocycles. The highest BCUT2D eigenvalue weighted by Crippen LogP contribution is 2.29. The molecule has 0 amide bonds. The highest BCUT2D eigenvalue weighted by atomic mass is 16.5. The number of rotatable bonds is 4. The Morgan fingerprint density at radius 1 is 1.25 bits per heavy atom. The molecule has 0 aliphatic carbocycles. The minimum atomic E-state index is 0.0659. The molecule has 0 radical (unpaired) electrons. The summed E-state index contributed by atoms with van der Waals surface area (Å²) < 4.78 is 10.7. The second-order valence-corrected chi connectivity index (χ2v) is 6.63. The van der Waals surface area contributed by atoms with E-state index >= 15 is 0 Å². The summed E-state index contributed by atoms with van der Waals surface area (Å²) >= 11 is 0. The topological polar surface area (TPSA) is 54.6 Å². The molecular formula is C19H26N2O3. The first kappa shape index (κ1) is 16.8. The van der Waals surface area contributed by atoms with Crippen molar-refractivity contribution in [2.75, 3.05) is 20.8 Å². The van der Waals surface area contributed by atoms with Gasteiger partial charge in [0.15, 0.2) is 5.43 Å². The molecule has 130 valence electrons. The van der Waals surface area contributed by atoms with Gasteiger partial charge in [-0.2, -0.15) is 0 Å². The first-order chi connectivity index (χ1) is 11.5. The predicted octanol–water partition coefficient (Wildman–Crippen LogP) is 3.23. The molecule has 1 aliphatic rings. The molecule has 1 N–H and O–H groups in total. The minimum absolute atomic E-state index is 0.0659. The number of nitrogens with zero attached hydrogens (tertiary/aromatic N) is 1. The van der Waals surface area contributed by atoms with Crippen LogP contribution in [0.3, 0.4) is 0 Å². The van der Waals surface area contributed by atoms with Gasteiger partial charge in [0, 0.05) is 29.9 Å². The zero-order valence-corrected chi connectivity index (χ0v) is 14.9. The van der Waals surface area contributed by atoms with Crippen LogP contribution in [0.15, 0.2) is 16.9 Å². The van der Waals surface area contributed by atoms with Crippen molar-refractivity contribution in [1.29, 1.82) is 0 Å². The SMILES string of the molecule is COc1cc(OC)c2[nH]c(C)c(CN3CCCC[C@@H]3C)c(=O)c2c1. The van der Waals surface area contributed by atoms with Gasteiger partial charge in [-0.15, -0.1) is 0 Å². The Balaban J connectivity index is 2.10. The van der Waals surface area contributed by atoms with Crippen molar-refractivity contribution in [1.82, 2.24) is 9.88 Å². The van der Waals surface area contributed by atoms with Gasteiger partial charge in [-0.3, -0.25) is 9.69 Å². The summed E-state index contributed by atoms with van der Waals surface area (Å²) in [4.78, 5) is 18.9. The highest BCUT2D eigenvalue weighted by Gasteiger charge is 2.21. The van der Waals surface area contributed by atoms with Crippen molar-refractivity contribution >= 4 is 10.9 Å². The van der Waals surface area contributed by atoms with Crippen LogP contribution in [-0.4, -0.2) is 36.7 Å². The van der Waals surface area contributed by atoms with E-state index in [4.69, 9.17) is 9.47 Å². The van der Waals surface area contributed by atoms with E-state index in [1.807, 2.05) is 6.92 Å². The van der Waals surface area contributed by atoms with Gasteiger partial charge in [0.05, 0.1) is 25.1 Å². The van der Waals surface area contributed by atoms with E-state index in [0.29, 0.717) is 29.5 Å².